The van der Waals surface area contributed by atoms with Crippen LogP contribution in [0.3, 0.4) is 0 Å². The maximum absolute atomic E-state index is 14.9. The van der Waals surface area contributed by atoms with Crippen LogP contribution in [0, 0.1) is 11.3 Å². The van der Waals surface area contributed by atoms with Gasteiger partial charge < -0.3 is 0 Å². The Morgan fingerprint density at radius 3 is 2.40 bits per heavy atom. The molecule has 0 spiro atoms. The van der Waals surface area contributed by atoms with Gasteiger partial charge in [0.15, 0.2) is 0 Å². The average molecular weight is 273 g/mol. The standard InChI is InChI=1S/C18H24FN/c1-2-3-7-17(19)18(12-5-4-6-13-18)16-10-8-15(14-20)9-11-16/h8-11,17H,2-7,12-13H2,1H3. The molecule has 0 saturated heterocycles. The summed E-state index contributed by atoms with van der Waals surface area (Å²) in [5, 5.41) is 8.90. The van der Waals surface area contributed by atoms with Crippen LogP contribution in [0.2, 0.25) is 0 Å². The molecule has 20 heavy (non-hydrogen) atoms. The van der Waals surface area contributed by atoms with Crippen molar-refractivity contribution < 1.29 is 4.39 Å². The van der Waals surface area contributed by atoms with E-state index < -0.39 is 6.17 Å². The predicted octanol–water partition coefficient (Wildman–Crippen LogP) is 5.29. The molecule has 0 radical (unpaired) electrons. The van der Waals surface area contributed by atoms with E-state index in [-0.39, 0.29) is 5.41 Å². The summed E-state index contributed by atoms with van der Waals surface area (Å²) in [5.41, 5.74) is 1.45. The number of alkyl halides is 1. The second kappa shape index (κ2) is 6.88. The van der Waals surface area contributed by atoms with Gasteiger partial charge in [0.2, 0.25) is 0 Å². The maximum Gasteiger partial charge on any atom is 0.110 e. The van der Waals surface area contributed by atoms with Crippen molar-refractivity contribution in [1.29, 1.82) is 5.26 Å². The number of hydrogen-bond acceptors (Lipinski definition) is 1. The smallest absolute Gasteiger partial charge is 0.110 e. The van der Waals surface area contributed by atoms with E-state index in [4.69, 9.17) is 5.26 Å². The van der Waals surface area contributed by atoms with E-state index in [1.165, 1.54) is 6.42 Å². The van der Waals surface area contributed by atoms with Crippen LogP contribution >= 0.6 is 0 Å². The molecular weight excluding hydrogens is 249 g/mol. The first-order valence-corrected chi connectivity index (χ1v) is 7.87. The van der Waals surface area contributed by atoms with E-state index in [9.17, 15) is 4.39 Å². The van der Waals surface area contributed by atoms with Crippen molar-refractivity contribution in [1.82, 2.24) is 0 Å². The third kappa shape index (κ3) is 3.03. The molecule has 2 heteroatoms. The second-order valence-corrected chi connectivity index (χ2v) is 6.02. The second-order valence-electron chi connectivity index (χ2n) is 6.02. The van der Waals surface area contributed by atoms with Crippen LogP contribution < -0.4 is 0 Å². The van der Waals surface area contributed by atoms with E-state index in [1.54, 1.807) is 0 Å². The van der Waals surface area contributed by atoms with Crippen LogP contribution in [0.4, 0.5) is 4.39 Å². The number of unbranched alkanes of at least 4 members (excludes halogenated alkanes) is 1. The first-order chi connectivity index (χ1) is 9.73. The van der Waals surface area contributed by atoms with Gasteiger partial charge in [0.25, 0.3) is 0 Å². The fourth-order valence-electron chi connectivity index (χ4n) is 3.50. The van der Waals surface area contributed by atoms with Crippen LogP contribution in [-0.4, -0.2) is 6.17 Å². The van der Waals surface area contributed by atoms with Gasteiger partial charge in [-0.25, -0.2) is 4.39 Å². The van der Waals surface area contributed by atoms with Gasteiger partial charge in [-0.15, -0.1) is 0 Å². The number of halogens is 1. The van der Waals surface area contributed by atoms with Gasteiger partial charge in [0.1, 0.15) is 6.17 Å². The molecule has 2 rings (SSSR count). The van der Waals surface area contributed by atoms with Crippen molar-refractivity contribution in [3.63, 3.8) is 0 Å². The predicted molar refractivity (Wildman–Crippen MR) is 80.3 cm³/mol. The minimum Gasteiger partial charge on any atom is -0.247 e. The third-order valence-electron chi connectivity index (χ3n) is 4.75. The highest BCUT2D eigenvalue weighted by Gasteiger charge is 2.41. The van der Waals surface area contributed by atoms with Crippen molar-refractivity contribution in [2.75, 3.05) is 0 Å². The van der Waals surface area contributed by atoms with Crippen molar-refractivity contribution in [3.8, 4) is 6.07 Å². The molecule has 1 nitrogen and oxygen atoms in total. The number of rotatable bonds is 5. The first-order valence-electron chi connectivity index (χ1n) is 7.87. The molecule has 0 N–H and O–H groups in total. The zero-order valence-electron chi connectivity index (χ0n) is 12.4. The highest BCUT2D eigenvalue weighted by Crippen LogP contribution is 2.45. The maximum atomic E-state index is 14.9. The van der Waals surface area contributed by atoms with E-state index >= 15 is 0 Å². The Morgan fingerprint density at radius 1 is 1.20 bits per heavy atom. The molecule has 0 amide bonds. The zero-order chi connectivity index (χ0) is 14.4. The van der Waals surface area contributed by atoms with Crippen molar-refractivity contribution in [3.05, 3.63) is 35.4 Å². The summed E-state index contributed by atoms with van der Waals surface area (Å²) >= 11 is 0. The van der Waals surface area contributed by atoms with Crippen molar-refractivity contribution >= 4 is 0 Å². The SMILES string of the molecule is CCCCC(F)C1(c2ccc(C#N)cc2)CCCCC1. The van der Waals surface area contributed by atoms with Gasteiger partial charge in [-0.05, 0) is 37.0 Å². The monoisotopic (exact) mass is 273 g/mol. The first kappa shape index (κ1) is 15.0. The Bertz CT molecular complexity index is 451. The molecule has 0 aromatic heterocycles. The van der Waals surface area contributed by atoms with Crippen molar-refractivity contribution in [2.45, 2.75) is 69.9 Å². The highest BCUT2D eigenvalue weighted by molar-refractivity contribution is 5.36. The molecule has 1 atom stereocenters. The Labute approximate surface area is 121 Å². The molecular formula is C18H24FN. The normalized spacial score (nSPS) is 19.2. The Morgan fingerprint density at radius 2 is 1.85 bits per heavy atom. The fraction of sp³-hybridized carbons (Fsp3) is 0.611. The van der Waals surface area contributed by atoms with Crippen molar-refractivity contribution in [2.24, 2.45) is 0 Å². The zero-order valence-corrected chi connectivity index (χ0v) is 12.4. The summed E-state index contributed by atoms with van der Waals surface area (Å²) in [6, 6.07) is 9.75. The van der Waals surface area contributed by atoms with E-state index in [1.807, 2.05) is 24.3 Å². The fourth-order valence-corrected chi connectivity index (χ4v) is 3.50. The van der Waals surface area contributed by atoms with Gasteiger partial charge in [-0.2, -0.15) is 5.26 Å². The summed E-state index contributed by atoms with van der Waals surface area (Å²) in [6.07, 6.45) is 7.26. The lowest BCUT2D eigenvalue weighted by Gasteiger charge is -2.40. The minimum atomic E-state index is -0.754. The number of hydrogen-bond donors (Lipinski definition) is 0. The molecule has 1 unspecified atom stereocenters. The van der Waals surface area contributed by atoms with Gasteiger partial charge in [0.05, 0.1) is 11.6 Å². The molecule has 1 aliphatic carbocycles. The van der Waals surface area contributed by atoms with E-state index in [0.29, 0.717) is 12.0 Å². The van der Waals surface area contributed by atoms with Crippen LogP contribution in [-0.2, 0) is 5.41 Å². The Kier molecular flexibility index (Phi) is 5.17. The Hall–Kier alpha value is -1.36. The summed E-state index contributed by atoms with van der Waals surface area (Å²) in [7, 11) is 0. The number of nitriles is 1. The highest BCUT2D eigenvalue weighted by atomic mass is 19.1. The summed E-state index contributed by atoms with van der Waals surface area (Å²) in [5.74, 6) is 0. The van der Waals surface area contributed by atoms with Crippen LogP contribution in [0.15, 0.2) is 24.3 Å². The average Bonchev–Trinajstić information content (AvgIpc) is 2.53. The number of nitrogens with zero attached hydrogens (tertiary/aromatic N) is 1. The molecule has 0 heterocycles. The lowest BCUT2D eigenvalue weighted by molar-refractivity contribution is 0.125. The number of benzene rings is 1. The molecule has 1 aromatic rings. The molecule has 1 saturated carbocycles. The van der Waals surface area contributed by atoms with Crippen LogP contribution in [0.25, 0.3) is 0 Å². The summed E-state index contributed by atoms with van der Waals surface area (Å²) < 4.78 is 14.9. The third-order valence-corrected chi connectivity index (χ3v) is 4.75. The topological polar surface area (TPSA) is 23.8 Å². The van der Waals surface area contributed by atoms with Gasteiger partial charge in [-0.1, -0.05) is 51.2 Å². The molecule has 1 fully saturated rings. The molecule has 1 aliphatic rings. The van der Waals surface area contributed by atoms with Gasteiger partial charge in [0, 0.05) is 5.41 Å². The molecule has 0 aliphatic heterocycles. The summed E-state index contributed by atoms with van der Waals surface area (Å²) in [4.78, 5) is 0. The van der Waals surface area contributed by atoms with E-state index in [0.717, 1.165) is 44.1 Å². The molecule has 108 valence electrons. The van der Waals surface area contributed by atoms with Crippen LogP contribution in [0.5, 0.6) is 0 Å². The molecule has 1 aromatic carbocycles. The van der Waals surface area contributed by atoms with Gasteiger partial charge in [-0.3, -0.25) is 0 Å². The summed E-state index contributed by atoms with van der Waals surface area (Å²) in [6.45, 7) is 2.11. The quantitative estimate of drug-likeness (QED) is 0.715. The Balaban J connectivity index is 2.27. The van der Waals surface area contributed by atoms with E-state index in [2.05, 4.69) is 13.0 Å². The molecule has 0 bridgehead atoms. The van der Waals surface area contributed by atoms with Gasteiger partial charge >= 0.3 is 0 Å². The van der Waals surface area contributed by atoms with Crippen LogP contribution in [0.1, 0.15) is 69.4 Å². The minimum absolute atomic E-state index is 0.304. The lowest BCUT2D eigenvalue weighted by Crippen LogP contribution is -2.39. The lowest BCUT2D eigenvalue weighted by atomic mass is 9.65. The largest absolute Gasteiger partial charge is 0.247 e.